The van der Waals surface area contributed by atoms with Crippen LogP contribution in [0.2, 0.25) is 0 Å². The molecule has 3 unspecified atom stereocenters. The third-order valence-electron chi connectivity index (χ3n) is 3.93. The molecule has 1 heterocycles. The lowest BCUT2D eigenvalue weighted by Crippen LogP contribution is -2.46. The van der Waals surface area contributed by atoms with Crippen LogP contribution in [0.4, 0.5) is 13.2 Å². The normalized spacial score (nSPS) is 31.6. The van der Waals surface area contributed by atoms with Crippen LogP contribution in [0.5, 0.6) is 0 Å². The minimum atomic E-state index is -4.25. The molecule has 1 saturated heterocycles. The Labute approximate surface area is 117 Å². The lowest BCUT2D eigenvalue weighted by atomic mass is 9.78. The second-order valence-electron chi connectivity index (χ2n) is 5.24. The fourth-order valence-corrected chi connectivity index (χ4v) is 2.92. The molecule has 2 aliphatic rings. The van der Waals surface area contributed by atoms with Crippen LogP contribution < -0.4 is 10.6 Å². The van der Waals surface area contributed by atoms with Crippen molar-refractivity contribution < 1.29 is 18.0 Å². The smallest absolute Gasteiger partial charge is 0.352 e. The molecular weight excluding hydrogens is 281 g/mol. The zero-order valence-corrected chi connectivity index (χ0v) is 11.4. The second kappa shape index (κ2) is 6.79. The van der Waals surface area contributed by atoms with E-state index >= 15 is 0 Å². The van der Waals surface area contributed by atoms with Gasteiger partial charge in [-0.3, -0.25) is 4.79 Å². The van der Waals surface area contributed by atoms with Crippen LogP contribution in [0.15, 0.2) is 0 Å². The van der Waals surface area contributed by atoms with E-state index in [0.29, 0.717) is 25.8 Å². The highest BCUT2D eigenvalue weighted by molar-refractivity contribution is 5.85. The van der Waals surface area contributed by atoms with Gasteiger partial charge in [0.2, 0.25) is 5.91 Å². The summed E-state index contributed by atoms with van der Waals surface area (Å²) in [5.74, 6) is -2.76. The van der Waals surface area contributed by atoms with Gasteiger partial charge in [-0.05, 0) is 25.8 Å². The van der Waals surface area contributed by atoms with Gasteiger partial charge in [0.15, 0.2) is 0 Å². The van der Waals surface area contributed by atoms with E-state index in [4.69, 9.17) is 0 Å². The number of alkyl halides is 3. The summed E-state index contributed by atoms with van der Waals surface area (Å²) >= 11 is 0. The van der Waals surface area contributed by atoms with E-state index in [2.05, 4.69) is 10.6 Å². The molecule has 3 atom stereocenters. The predicted octanol–water partition coefficient (Wildman–Crippen LogP) is 2.25. The molecule has 2 fully saturated rings. The third-order valence-corrected chi connectivity index (χ3v) is 3.93. The maximum absolute atomic E-state index is 12.9. The average Bonchev–Trinajstić information content (AvgIpc) is 2.80. The van der Waals surface area contributed by atoms with E-state index in [1.165, 1.54) is 0 Å². The highest BCUT2D eigenvalue weighted by Crippen LogP contribution is 2.41. The molecule has 3 nitrogen and oxygen atoms in total. The Kier molecular flexibility index (Phi) is 5.92. The van der Waals surface area contributed by atoms with Crippen molar-refractivity contribution in [2.75, 3.05) is 13.1 Å². The monoisotopic (exact) mass is 300 g/mol. The van der Waals surface area contributed by atoms with Crippen molar-refractivity contribution in [3.05, 3.63) is 0 Å². The molecule has 0 aromatic heterocycles. The van der Waals surface area contributed by atoms with Crippen LogP contribution in [0.1, 0.15) is 32.1 Å². The Morgan fingerprint density at radius 3 is 2.42 bits per heavy atom. The standard InChI is InChI=1S/C12H19F3N2O.ClH/c13-12(14,15)10-4-2-1-3-9(10)11(18)17-8-5-6-16-7-8;/h8-10,16H,1-7H2,(H,17,18);1H. The largest absolute Gasteiger partial charge is 0.392 e. The van der Waals surface area contributed by atoms with Gasteiger partial charge in [-0.2, -0.15) is 13.2 Å². The van der Waals surface area contributed by atoms with E-state index in [1.807, 2.05) is 0 Å². The van der Waals surface area contributed by atoms with Crippen LogP contribution in [0, 0.1) is 11.8 Å². The quantitative estimate of drug-likeness (QED) is 0.821. The van der Waals surface area contributed by atoms with Crippen molar-refractivity contribution in [3.8, 4) is 0 Å². The van der Waals surface area contributed by atoms with Crippen LogP contribution >= 0.6 is 12.4 Å². The van der Waals surface area contributed by atoms with Gasteiger partial charge in [0.1, 0.15) is 0 Å². The summed E-state index contributed by atoms with van der Waals surface area (Å²) in [6.07, 6.45) is -1.72. The molecule has 2 N–H and O–H groups in total. The summed E-state index contributed by atoms with van der Waals surface area (Å²) in [4.78, 5) is 12.0. The third kappa shape index (κ3) is 4.24. The van der Waals surface area contributed by atoms with Crippen LogP contribution in [0.3, 0.4) is 0 Å². The van der Waals surface area contributed by atoms with Crippen molar-refractivity contribution in [2.45, 2.75) is 44.3 Å². The first-order valence-corrected chi connectivity index (χ1v) is 6.56. The molecule has 1 aliphatic heterocycles. The fourth-order valence-electron chi connectivity index (χ4n) is 2.92. The van der Waals surface area contributed by atoms with Gasteiger partial charge in [-0.25, -0.2) is 0 Å². The summed E-state index contributed by atoms with van der Waals surface area (Å²) in [5.41, 5.74) is 0. The maximum Gasteiger partial charge on any atom is 0.392 e. The van der Waals surface area contributed by atoms with Gasteiger partial charge < -0.3 is 10.6 Å². The van der Waals surface area contributed by atoms with Crippen molar-refractivity contribution in [1.82, 2.24) is 10.6 Å². The summed E-state index contributed by atoms with van der Waals surface area (Å²) in [6.45, 7) is 1.48. The molecule has 0 bridgehead atoms. The van der Waals surface area contributed by atoms with Gasteiger partial charge >= 0.3 is 6.18 Å². The second-order valence-corrected chi connectivity index (χ2v) is 5.24. The first-order chi connectivity index (χ1) is 8.48. The minimum absolute atomic E-state index is 0. The highest BCUT2D eigenvalue weighted by Gasteiger charge is 2.48. The van der Waals surface area contributed by atoms with Crippen molar-refractivity contribution in [1.29, 1.82) is 0 Å². The number of carbonyl (C=O) groups excluding carboxylic acids is 1. The van der Waals surface area contributed by atoms with Crippen LogP contribution in [0.25, 0.3) is 0 Å². The molecule has 19 heavy (non-hydrogen) atoms. The van der Waals surface area contributed by atoms with Gasteiger partial charge in [-0.1, -0.05) is 12.8 Å². The molecule has 112 valence electrons. The Hall–Kier alpha value is -0.490. The number of halogens is 4. The molecule has 0 radical (unpaired) electrons. The number of nitrogens with one attached hydrogen (secondary N) is 2. The number of carbonyl (C=O) groups is 1. The molecule has 2 rings (SSSR count). The minimum Gasteiger partial charge on any atom is -0.352 e. The van der Waals surface area contributed by atoms with Gasteiger partial charge in [-0.15, -0.1) is 12.4 Å². The van der Waals surface area contributed by atoms with E-state index in [-0.39, 0.29) is 24.9 Å². The molecule has 0 spiro atoms. The lowest BCUT2D eigenvalue weighted by molar-refractivity contribution is -0.198. The average molecular weight is 301 g/mol. The number of hydrogen-bond donors (Lipinski definition) is 2. The molecule has 1 aliphatic carbocycles. The summed E-state index contributed by atoms with van der Waals surface area (Å²) < 4.78 is 38.6. The molecule has 1 saturated carbocycles. The summed E-state index contributed by atoms with van der Waals surface area (Å²) in [6, 6.07) is -0.00619. The number of hydrogen-bond acceptors (Lipinski definition) is 2. The molecule has 0 aromatic rings. The van der Waals surface area contributed by atoms with Crippen LogP contribution in [-0.4, -0.2) is 31.2 Å². The van der Waals surface area contributed by atoms with Crippen LogP contribution in [-0.2, 0) is 4.79 Å². The highest BCUT2D eigenvalue weighted by atomic mass is 35.5. The Morgan fingerprint density at radius 2 is 1.84 bits per heavy atom. The summed E-state index contributed by atoms with van der Waals surface area (Å²) in [7, 11) is 0. The van der Waals surface area contributed by atoms with E-state index in [9.17, 15) is 18.0 Å². The SMILES string of the molecule is Cl.O=C(NC1CCNC1)C1CCCCC1C(F)(F)F. The first-order valence-electron chi connectivity index (χ1n) is 6.56. The number of rotatable bonds is 2. The predicted molar refractivity (Wildman–Crippen MR) is 68.2 cm³/mol. The Morgan fingerprint density at radius 1 is 1.16 bits per heavy atom. The van der Waals surface area contributed by atoms with Gasteiger partial charge in [0.25, 0.3) is 0 Å². The Balaban J connectivity index is 0.00000180. The zero-order valence-electron chi connectivity index (χ0n) is 10.6. The topological polar surface area (TPSA) is 41.1 Å². The van der Waals surface area contributed by atoms with Crippen molar-refractivity contribution >= 4 is 18.3 Å². The summed E-state index contributed by atoms with van der Waals surface area (Å²) in [5, 5.41) is 5.83. The van der Waals surface area contributed by atoms with E-state index in [0.717, 1.165) is 13.0 Å². The molecule has 1 amide bonds. The molecule has 0 aromatic carbocycles. The first kappa shape index (κ1) is 16.6. The Bertz CT molecular complexity index is 306. The lowest BCUT2D eigenvalue weighted by Gasteiger charge is -2.32. The fraction of sp³-hybridized carbons (Fsp3) is 0.917. The van der Waals surface area contributed by atoms with E-state index in [1.54, 1.807) is 0 Å². The molecular formula is C12H20ClF3N2O. The van der Waals surface area contributed by atoms with Gasteiger partial charge in [0.05, 0.1) is 5.92 Å². The molecule has 7 heteroatoms. The van der Waals surface area contributed by atoms with Crippen molar-refractivity contribution in [2.24, 2.45) is 11.8 Å². The van der Waals surface area contributed by atoms with Gasteiger partial charge in [0, 0.05) is 18.5 Å². The van der Waals surface area contributed by atoms with E-state index < -0.39 is 23.9 Å². The van der Waals surface area contributed by atoms with Crippen molar-refractivity contribution in [3.63, 3.8) is 0 Å². The zero-order chi connectivity index (χ0) is 13.2. The number of amides is 1. The maximum atomic E-state index is 12.9.